The molecule has 0 aromatic carbocycles. The molecule has 2 heterocycles. The van der Waals surface area contributed by atoms with E-state index >= 15 is 0 Å². The molecule has 0 unspecified atom stereocenters. The number of hydrogen-bond donors (Lipinski definition) is 1. The van der Waals surface area contributed by atoms with E-state index in [1.807, 2.05) is 31.7 Å². The molecule has 25 heavy (non-hydrogen) atoms. The number of nitrogens with zero attached hydrogens (tertiary/aromatic N) is 4. The zero-order valence-corrected chi connectivity index (χ0v) is 16.1. The average Bonchev–Trinajstić information content (AvgIpc) is 3.02. The first kappa shape index (κ1) is 19.3. The van der Waals surface area contributed by atoms with Crippen molar-refractivity contribution in [3.8, 4) is 0 Å². The van der Waals surface area contributed by atoms with Crippen LogP contribution in [0.1, 0.15) is 47.5 Å². The van der Waals surface area contributed by atoms with Gasteiger partial charge in [-0.2, -0.15) is 0 Å². The lowest BCUT2D eigenvalue weighted by atomic mass is 10.2. The van der Waals surface area contributed by atoms with Gasteiger partial charge in [0.05, 0.1) is 6.04 Å². The van der Waals surface area contributed by atoms with Gasteiger partial charge in [-0.25, -0.2) is 14.8 Å². The number of hydrogen-bond acceptors (Lipinski definition) is 6. The molecule has 0 radical (unpaired) electrons. The van der Waals surface area contributed by atoms with E-state index in [1.54, 1.807) is 6.33 Å². The SMILES string of the molecule is CCN(CC)c1cc(NC[C@@H]2CCCN2C(=O)OC(C)(C)C)ncn1. The van der Waals surface area contributed by atoms with Gasteiger partial charge in [0, 0.05) is 32.2 Å². The molecule has 1 amide bonds. The van der Waals surface area contributed by atoms with Crippen LogP contribution >= 0.6 is 0 Å². The lowest BCUT2D eigenvalue weighted by molar-refractivity contribution is 0.0235. The molecule has 1 aliphatic rings. The fourth-order valence-corrected chi connectivity index (χ4v) is 3.00. The molecule has 1 aromatic heterocycles. The molecule has 2 rings (SSSR count). The number of ether oxygens (including phenoxy) is 1. The summed E-state index contributed by atoms with van der Waals surface area (Å²) in [6, 6.07) is 2.08. The number of anilines is 2. The molecule has 1 saturated heterocycles. The third-order valence-electron chi connectivity index (χ3n) is 4.26. The summed E-state index contributed by atoms with van der Waals surface area (Å²) in [4.78, 5) is 25.0. The normalized spacial score (nSPS) is 17.5. The highest BCUT2D eigenvalue weighted by Crippen LogP contribution is 2.21. The predicted molar refractivity (Wildman–Crippen MR) is 100 cm³/mol. The highest BCUT2D eigenvalue weighted by Gasteiger charge is 2.32. The van der Waals surface area contributed by atoms with Crippen LogP contribution in [0.3, 0.4) is 0 Å². The number of carbonyl (C=O) groups is 1. The maximum Gasteiger partial charge on any atom is 0.410 e. The van der Waals surface area contributed by atoms with E-state index in [1.165, 1.54) is 0 Å². The van der Waals surface area contributed by atoms with Crippen LogP contribution in [-0.2, 0) is 4.74 Å². The molecule has 1 atom stereocenters. The lowest BCUT2D eigenvalue weighted by Gasteiger charge is -2.29. The molecule has 7 heteroatoms. The zero-order valence-electron chi connectivity index (χ0n) is 16.1. The van der Waals surface area contributed by atoms with Crippen molar-refractivity contribution in [3.63, 3.8) is 0 Å². The first-order valence-electron chi connectivity index (χ1n) is 9.14. The fraction of sp³-hybridized carbons (Fsp3) is 0.722. The molecule has 140 valence electrons. The second-order valence-corrected chi connectivity index (χ2v) is 7.28. The molecule has 0 saturated carbocycles. The van der Waals surface area contributed by atoms with Gasteiger partial charge < -0.3 is 19.9 Å². The van der Waals surface area contributed by atoms with Crippen LogP contribution in [0, 0.1) is 0 Å². The molecule has 1 aromatic rings. The molecular weight excluding hydrogens is 318 g/mol. The number of aromatic nitrogens is 2. The number of rotatable bonds is 6. The van der Waals surface area contributed by atoms with Gasteiger partial charge in [-0.05, 0) is 47.5 Å². The van der Waals surface area contributed by atoms with Gasteiger partial charge in [-0.15, -0.1) is 0 Å². The Labute approximate surface area is 150 Å². The molecule has 1 N–H and O–H groups in total. The van der Waals surface area contributed by atoms with Crippen molar-refractivity contribution in [2.75, 3.05) is 36.4 Å². The van der Waals surface area contributed by atoms with Crippen molar-refractivity contribution in [3.05, 3.63) is 12.4 Å². The van der Waals surface area contributed by atoms with Crippen molar-refractivity contribution < 1.29 is 9.53 Å². The average molecular weight is 349 g/mol. The number of carbonyl (C=O) groups excluding carboxylic acids is 1. The topological polar surface area (TPSA) is 70.6 Å². The maximum absolute atomic E-state index is 12.3. The minimum absolute atomic E-state index is 0.127. The second-order valence-electron chi connectivity index (χ2n) is 7.28. The Morgan fingerprint density at radius 2 is 2.08 bits per heavy atom. The van der Waals surface area contributed by atoms with Crippen molar-refractivity contribution in [1.82, 2.24) is 14.9 Å². The highest BCUT2D eigenvalue weighted by molar-refractivity contribution is 5.69. The van der Waals surface area contributed by atoms with E-state index in [9.17, 15) is 4.79 Å². The Morgan fingerprint density at radius 1 is 1.36 bits per heavy atom. The molecule has 1 fully saturated rings. The molecule has 1 aliphatic heterocycles. The van der Waals surface area contributed by atoms with Gasteiger partial charge in [0.2, 0.25) is 0 Å². The van der Waals surface area contributed by atoms with Crippen LogP contribution in [0.4, 0.5) is 16.4 Å². The zero-order chi connectivity index (χ0) is 18.4. The van der Waals surface area contributed by atoms with Gasteiger partial charge >= 0.3 is 6.09 Å². The largest absolute Gasteiger partial charge is 0.444 e. The standard InChI is InChI=1S/C18H31N5O2/c1-6-22(7-2)16-11-15(20-13-21-16)19-12-14-9-8-10-23(14)17(24)25-18(3,4)5/h11,13-14H,6-10,12H2,1-5H3,(H,19,20,21)/t14-/m0/s1. The van der Waals surface area contributed by atoms with Crippen molar-refractivity contribution >= 4 is 17.7 Å². The smallest absolute Gasteiger partial charge is 0.410 e. The van der Waals surface area contributed by atoms with Crippen molar-refractivity contribution in [2.45, 2.75) is 59.1 Å². The van der Waals surface area contributed by atoms with Gasteiger partial charge in [-0.3, -0.25) is 0 Å². The summed E-state index contributed by atoms with van der Waals surface area (Å²) in [5.74, 6) is 1.70. The quantitative estimate of drug-likeness (QED) is 0.851. The Bertz CT molecular complexity index is 569. The maximum atomic E-state index is 12.3. The first-order valence-corrected chi connectivity index (χ1v) is 9.14. The highest BCUT2D eigenvalue weighted by atomic mass is 16.6. The van der Waals surface area contributed by atoms with E-state index in [-0.39, 0.29) is 12.1 Å². The van der Waals surface area contributed by atoms with Crippen LogP contribution in [0.15, 0.2) is 12.4 Å². The van der Waals surface area contributed by atoms with Gasteiger partial charge in [-0.1, -0.05) is 0 Å². The van der Waals surface area contributed by atoms with E-state index in [0.29, 0.717) is 6.54 Å². The lowest BCUT2D eigenvalue weighted by Crippen LogP contribution is -2.42. The number of likely N-dealkylation sites (tertiary alicyclic amines) is 1. The van der Waals surface area contributed by atoms with Gasteiger partial charge in [0.15, 0.2) is 0 Å². The molecule has 0 spiro atoms. The van der Waals surface area contributed by atoms with Crippen LogP contribution in [0.2, 0.25) is 0 Å². The monoisotopic (exact) mass is 349 g/mol. The summed E-state index contributed by atoms with van der Waals surface area (Å²) in [5, 5.41) is 3.35. The minimum atomic E-state index is -0.469. The summed E-state index contributed by atoms with van der Waals surface area (Å²) in [5.41, 5.74) is -0.469. The summed E-state index contributed by atoms with van der Waals surface area (Å²) in [6.07, 6.45) is 3.32. The first-order chi connectivity index (χ1) is 11.8. The third kappa shape index (κ3) is 5.47. The van der Waals surface area contributed by atoms with E-state index in [2.05, 4.69) is 34.0 Å². The number of nitrogens with one attached hydrogen (secondary N) is 1. The van der Waals surface area contributed by atoms with Crippen LogP contribution in [0.5, 0.6) is 0 Å². The van der Waals surface area contributed by atoms with Crippen LogP contribution in [-0.4, -0.2) is 58.8 Å². The molecule has 0 aliphatic carbocycles. The Morgan fingerprint density at radius 3 is 2.72 bits per heavy atom. The summed E-state index contributed by atoms with van der Waals surface area (Å²) in [6.45, 7) is 13.1. The number of amides is 1. The predicted octanol–water partition coefficient (Wildman–Crippen LogP) is 3.13. The Kier molecular flexibility index (Phi) is 6.45. The summed E-state index contributed by atoms with van der Waals surface area (Å²) in [7, 11) is 0. The van der Waals surface area contributed by atoms with Crippen LogP contribution < -0.4 is 10.2 Å². The summed E-state index contributed by atoms with van der Waals surface area (Å²) < 4.78 is 5.51. The van der Waals surface area contributed by atoms with Gasteiger partial charge in [0.1, 0.15) is 23.6 Å². The second kappa shape index (κ2) is 8.36. The fourth-order valence-electron chi connectivity index (χ4n) is 3.00. The van der Waals surface area contributed by atoms with E-state index < -0.39 is 5.60 Å². The summed E-state index contributed by atoms with van der Waals surface area (Å²) >= 11 is 0. The van der Waals surface area contributed by atoms with Crippen LogP contribution in [0.25, 0.3) is 0 Å². The third-order valence-corrected chi connectivity index (χ3v) is 4.26. The van der Waals surface area contributed by atoms with E-state index in [0.717, 1.165) is 44.1 Å². The molecule has 0 bridgehead atoms. The molecule has 7 nitrogen and oxygen atoms in total. The van der Waals surface area contributed by atoms with Gasteiger partial charge in [0.25, 0.3) is 0 Å². The molecular formula is C18H31N5O2. The Balaban J connectivity index is 1.96. The minimum Gasteiger partial charge on any atom is -0.444 e. The Hall–Kier alpha value is -2.05. The van der Waals surface area contributed by atoms with Crippen molar-refractivity contribution in [1.29, 1.82) is 0 Å². The van der Waals surface area contributed by atoms with Crippen molar-refractivity contribution in [2.24, 2.45) is 0 Å². The van der Waals surface area contributed by atoms with E-state index in [4.69, 9.17) is 4.74 Å².